The highest BCUT2D eigenvalue weighted by Crippen LogP contribution is 2.25. The zero-order chi connectivity index (χ0) is 41.1. The summed E-state index contributed by atoms with van der Waals surface area (Å²) in [6.07, 6.45) is 35.9. The van der Waals surface area contributed by atoms with Gasteiger partial charge in [-0.1, -0.05) is 128 Å². The molecule has 0 N–H and O–H groups in total. The Morgan fingerprint density at radius 1 is 0.439 bits per heavy atom. The lowest BCUT2D eigenvalue weighted by molar-refractivity contribution is -0.145. The van der Waals surface area contributed by atoms with Gasteiger partial charge in [-0.3, -0.25) is 9.59 Å². The molecule has 0 fully saturated rings. The van der Waals surface area contributed by atoms with Crippen molar-refractivity contribution in [2.75, 3.05) is 26.4 Å². The molecular weight excluding hydrogens is 737 g/mol. The maximum Gasteiger partial charge on any atom is 0.305 e. The van der Waals surface area contributed by atoms with Crippen LogP contribution in [0.3, 0.4) is 0 Å². The van der Waals surface area contributed by atoms with E-state index < -0.39 is 9.84 Å². The zero-order valence-corrected chi connectivity index (χ0v) is 36.2. The molecule has 0 radical (unpaired) electrons. The Morgan fingerprint density at radius 2 is 0.754 bits per heavy atom. The second-order valence-electron chi connectivity index (χ2n) is 14.8. The van der Waals surface area contributed by atoms with E-state index in [1.807, 2.05) is 0 Å². The van der Waals surface area contributed by atoms with Crippen molar-refractivity contribution in [3.05, 3.63) is 72.8 Å². The summed E-state index contributed by atoms with van der Waals surface area (Å²) in [6.45, 7) is 5.09. The van der Waals surface area contributed by atoms with Gasteiger partial charge in [-0.05, 0) is 99.9 Å². The van der Waals surface area contributed by atoms with Crippen LogP contribution in [0.5, 0.6) is 11.5 Å². The molecule has 0 aromatic heterocycles. The van der Waals surface area contributed by atoms with Crippen molar-refractivity contribution in [3.63, 3.8) is 0 Å². The largest absolute Gasteiger partial charge is 0.490 e. The van der Waals surface area contributed by atoms with Crippen LogP contribution in [-0.2, 0) is 28.9 Å². The second kappa shape index (κ2) is 33.4. The number of benzene rings is 2. The number of esters is 2. The summed E-state index contributed by atoms with van der Waals surface area (Å²) in [5.41, 5.74) is 0. The van der Waals surface area contributed by atoms with Crippen LogP contribution in [0.2, 0.25) is 0 Å². The van der Waals surface area contributed by atoms with Gasteiger partial charge >= 0.3 is 11.9 Å². The first kappa shape index (κ1) is 49.6. The molecule has 57 heavy (non-hydrogen) atoms. The average molecular weight is 811 g/mol. The Hall–Kier alpha value is -3.59. The van der Waals surface area contributed by atoms with E-state index in [4.69, 9.17) is 18.9 Å². The summed E-state index contributed by atoms with van der Waals surface area (Å²) >= 11 is 0. The van der Waals surface area contributed by atoms with Gasteiger partial charge in [0.15, 0.2) is 0 Å². The predicted octanol–water partition coefficient (Wildman–Crippen LogP) is 12.9. The molecule has 0 bridgehead atoms. The highest BCUT2D eigenvalue weighted by Gasteiger charge is 2.18. The zero-order valence-electron chi connectivity index (χ0n) is 35.4. The number of ether oxygens (including phenoxy) is 4. The van der Waals surface area contributed by atoms with Crippen LogP contribution in [-0.4, -0.2) is 46.8 Å². The second-order valence-corrected chi connectivity index (χ2v) is 16.8. The van der Waals surface area contributed by atoms with E-state index in [0.717, 1.165) is 38.5 Å². The Kier molecular flexibility index (Phi) is 29.0. The summed E-state index contributed by atoms with van der Waals surface area (Å²) in [5.74, 6) is 0.543. The van der Waals surface area contributed by atoms with Crippen LogP contribution in [0, 0.1) is 0 Å². The molecule has 320 valence electrons. The van der Waals surface area contributed by atoms with Gasteiger partial charge in [0.1, 0.15) is 37.9 Å². The highest BCUT2D eigenvalue weighted by molar-refractivity contribution is 7.91. The lowest BCUT2D eigenvalue weighted by Gasteiger charge is -2.10. The number of hydrogen-bond donors (Lipinski definition) is 0. The topological polar surface area (TPSA) is 105 Å². The van der Waals surface area contributed by atoms with Crippen molar-refractivity contribution in [1.29, 1.82) is 0 Å². The number of carbonyl (C=O) groups excluding carboxylic acids is 2. The number of allylic oxidation sites excluding steroid dienone is 4. The Bertz CT molecular complexity index is 1360. The minimum Gasteiger partial charge on any atom is -0.490 e. The first-order valence-electron chi connectivity index (χ1n) is 22.2. The van der Waals surface area contributed by atoms with Gasteiger partial charge in [-0.2, -0.15) is 0 Å². The van der Waals surface area contributed by atoms with Crippen LogP contribution >= 0.6 is 0 Å². The minimum atomic E-state index is -3.75. The van der Waals surface area contributed by atoms with E-state index >= 15 is 0 Å². The minimum absolute atomic E-state index is 0.137. The fourth-order valence-electron chi connectivity index (χ4n) is 6.29. The van der Waals surface area contributed by atoms with Crippen molar-refractivity contribution < 1.29 is 37.0 Å². The molecule has 0 amide bonds. The summed E-state index contributed by atoms with van der Waals surface area (Å²) in [6, 6.07) is 12.4. The van der Waals surface area contributed by atoms with Gasteiger partial charge in [0.25, 0.3) is 0 Å². The molecule has 2 rings (SSSR count). The van der Waals surface area contributed by atoms with Gasteiger partial charge in [0, 0.05) is 12.8 Å². The van der Waals surface area contributed by atoms with Crippen molar-refractivity contribution >= 4 is 21.8 Å². The molecule has 2 aromatic carbocycles. The molecule has 2 aromatic rings. The first-order valence-corrected chi connectivity index (χ1v) is 23.7. The predicted molar refractivity (Wildman–Crippen MR) is 232 cm³/mol. The summed E-state index contributed by atoms with van der Waals surface area (Å²) < 4.78 is 48.3. The first-order chi connectivity index (χ1) is 27.9. The van der Waals surface area contributed by atoms with E-state index in [-0.39, 0.29) is 48.2 Å². The third-order valence-corrected chi connectivity index (χ3v) is 11.6. The van der Waals surface area contributed by atoms with Crippen molar-refractivity contribution in [2.24, 2.45) is 0 Å². The molecule has 0 saturated heterocycles. The molecular formula is C48H74O8S. The summed E-state index contributed by atoms with van der Waals surface area (Å²) in [7, 11) is -3.75. The Balaban J connectivity index is 1.51. The van der Waals surface area contributed by atoms with Crippen LogP contribution in [0.25, 0.3) is 0 Å². The Labute approximate surface area is 346 Å². The van der Waals surface area contributed by atoms with Crippen LogP contribution < -0.4 is 9.47 Å². The standard InChI is InChI=1S/C48H74O8S/c1-3-5-7-9-11-13-15-17-19-21-23-25-27-29-47(49)55-41-39-53-43-31-35-45(36-32-43)57(51,52)46-37-33-44(34-38-46)54-40-42-56-48(50)30-28-26-24-22-20-18-16-14-12-10-8-6-4-2/h9-12,31-38H,3-8,13-30,39-42H2,1-2H3/b11-9+,12-10+. The molecule has 0 spiro atoms. The van der Waals surface area contributed by atoms with Gasteiger partial charge in [-0.15, -0.1) is 0 Å². The third-order valence-electron chi connectivity index (χ3n) is 9.78. The van der Waals surface area contributed by atoms with E-state index in [2.05, 4.69) is 38.2 Å². The summed E-state index contributed by atoms with van der Waals surface area (Å²) in [4.78, 5) is 24.4. The van der Waals surface area contributed by atoms with Gasteiger partial charge in [0.2, 0.25) is 9.84 Å². The highest BCUT2D eigenvalue weighted by atomic mass is 32.2. The lowest BCUT2D eigenvalue weighted by atomic mass is 10.1. The average Bonchev–Trinajstić information content (AvgIpc) is 3.22. The maximum absolute atomic E-state index is 13.2. The molecule has 8 nitrogen and oxygen atoms in total. The fraction of sp³-hybridized carbons (Fsp3) is 0.625. The van der Waals surface area contributed by atoms with Crippen LogP contribution in [0.1, 0.15) is 168 Å². The normalized spacial score (nSPS) is 11.7. The fourth-order valence-corrected chi connectivity index (χ4v) is 7.55. The van der Waals surface area contributed by atoms with Crippen molar-refractivity contribution in [3.8, 4) is 11.5 Å². The molecule has 0 aliphatic heterocycles. The Morgan fingerprint density at radius 3 is 1.11 bits per heavy atom. The van der Waals surface area contributed by atoms with Crippen LogP contribution in [0.4, 0.5) is 0 Å². The number of hydrogen-bond acceptors (Lipinski definition) is 8. The van der Waals surface area contributed by atoms with Crippen LogP contribution in [0.15, 0.2) is 82.6 Å². The molecule has 0 saturated carbocycles. The van der Waals surface area contributed by atoms with Crippen molar-refractivity contribution in [1.82, 2.24) is 0 Å². The van der Waals surface area contributed by atoms with E-state index in [1.165, 1.54) is 127 Å². The molecule has 0 unspecified atom stereocenters. The molecule has 9 heteroatoms. The molecule has 0 heterocycles. The quantitative estimate of drug-likeness (QED) is 0.0381. The smallest absolute Gasteiger partial charge is 0.305 e. The monoisotopic (exact) mass is 811 g/mol. The van der Waals surface area contributed by atoms with E-state index in [1.54, 1.807) is 24.3 Å². The van der Waals surface area contributed by atoms with Gasteiger partial charge in [-0.25, -0.2) is 8.42 Å². The number of carbonyl (C=O) groups is 2. The molecule has 0 atom stereocenters. The maximum atomic E-state index is 13.2. The molecule has 0 aliphatic carbocycles. The lowest BCUT2D eigenvalue weighted by Crippen LogP contribution is -2.12. The third kappa shape index (κ3) is 25.4. The number of rotatable bonds is 36. The SMILES string of the molecule is CCCC/C=C/CCCCCCCCCC(=O)OCCOc1ccc(S(=O)(=O)c2ccc(OCCOC(=O)CCCCCCCCC/C=C/CCCC)cc2)cc1. The summed E-state index contributed by atoms with van der Waals surface area (Å²) in [5, 5.41) is 0. The number of unbranched alkanes of at least 4 members (excludes halogenated alkanes) is 18. The van der Waals surface area contributed by atoms with E-state index in [9.17, 15) is 18.0 Å². The molecule has 0 aliphatic rings. The number of sulfone groups is 1. The van der Waals surface area contributed by atoms with Gasteiger partial charge in [0.05, 0.1) is 9.79 Å². The van der Waals surface area contributed by atoms with Crippen molar-refractivity contribution in [2.45, 2.75) is 178 Å². The van der Waals surface area contributed by atoms with Gasteiger partial charge < -0.3 is 18.9 Å². The van der Waals surface area contributed by atoms with E-state index in [0.29, 0.717) is 24.3 Å².